The van der Waals surface area contributed by atoms with Crippen LogP contribution in [0.3, 0.4) is 0 Å². The average molecular weight is 159 g/mol. The van der Waals surface area contributed by atoms with Gasteiger partial charge in [0, 0.05) is 13.2 Å². The van der Waals surface area contributed by atoms with Crippen molar-refractivity contribution in [1.82, 2.24) is 0 Å². The molecular weight excluding hydrogens is 140 g/mol. The topological polar surface area (TPSA) is 18.5 Å². The number of ether oxygens (including phenoxy) is 2. The highest BCUT2D eigenvalue weighted by atomic mass is 16.5. The maximum absolute atomic E-state index is 5.31. The van der Waals surface area contributed by atoms with Crippen molar-refractivity contribution < 1.29 is 9.47 Å². The van der Waals surface area contributed by atoms with E-state index in [1.807, 2.05) is 20.8 Å². The van der Waals surface area contributed by atoms with Gasteiger partial charge in [-0.05, 0) is 33.6 Å². The van der Waals surface area contributed by atoms with Crippen molar-refractivity contribution in [3.05, 3.63) is 6.42 Å². The smallest absolute Gasteiger partial charge is 0.0519 e. The molecule has 0 heterocycles. The summed E-state index contributed by atoms with van der Waals surface area (Å²) in [5.41, 5.74) is 0. The zero-order chi connectivity index (χ0) is 8.53. The molecule has 67 valence electrons. The molecule has 0 spiro atoms. The molecule has 1 radical (unpaired) electrons. The number of rotatable bonds is 7. The molecule has 0 aromatic heterocycles. The van der Waals surface area contributed by atoms with E-state index >= 15 is 0 Å². The molecule has 0 saturated heterocycles. The molecule has 2 nitrogen and oxygen atoms in total. The van der Waals surface area contributed by atoms with Gasteiger partial charge < -0.3 is 9.47 Å². The van der Waals surface area contributed by atoms with Gasteiger partial charge in [-0.15, -0.1) is 0 Å². The fraction of sp³-hybridized carbons (Fsp3) is 0.889. The third kappa shape index (κ3) is 9.92. The Morgan fingerprint density at radius 3 is 2.64 bits per heavy atom. The van der Waals surface area contributed by atoms with Gasteiger partial charge in [-0.25, -0.2) is 0 Å². The van der Waals surface area contributed by atoms with E-state index in [-0.39, 0.29) is 0 Å². The lowest BCUT2D eigenvalue weighted by Crippen LogP contribution is -2.05. The quantitative estimate of drug-likeness (QED) is 0.529. The van der Waals surface area contributed by atoms with Gasteiger partial charge in [-0.2, -0.15) is 0 Å². The van der Waals surface area contributed by atoms with Crippen LogP contribution in [-0.4, -0.2) is 25.9 Å². The highest BCUT2D eigenvalue weighted by Crippen LogP contribution is 1.93. The Balaban J connectivity index is 2.80. The van der Waals surface area contributed by atoms with E-state index in [1.54, 1.807) is 0 Å². The predicted octanol–water partition coefficient (Wildman–Crippen LogP) is 2.04. The van der Waals surface area contributed by atoms with Crippen LogP contribution in [-0.2, 0) is 9.47 Å². The molecule has 0 aromatic rings. The molecule has 0 aliphatic rings. The molecule has 0 saturated carbocycles. The first-order valence-electron chi connectivity index (χ1n) is 4.28. The molecule has 0 aliphatic carbocycles. The van der Waals surface area contributed by atoms with Gasteiger partial charge in [0.05, 0.1) is 12.7 Å². The van der Waals surface area contributed by atoms with Crippen LogP contribution >= 0.6 is 0 Å². The molecule has 0 amide bonds. The summed E-state index contributed by atoms with van der Waals surface area (Å²) >= 11 is 0. The molecule has 0 fully saturated rings. The second-order valence-corrected chi connectivity index (χ2v) is 2.66. The largest absolute Gasteiger partial charge is 0.382 e. The summed E-state index contributed by atoms with van der Waals surface area (Å²) in [4.78, 5) is 0. The Labute approximate surface area is 69.9 Å². The summed E-state index contributed by atoms with van der Waals surface area (Å²) in [7, 11) is 0. The SMILES string of the molecule is CCOCC[CH]COC(C)C. The molecule has 0 aromatic carbocycles. The maximum atomic E-state index is 5.31. The number of unbranched alkanes of at least 4 members (excludes halogenated alkanes) is 1. The van der Waals surface area contributed by atoms with Crippen molar-refractivity contribution in [2.75, 3.05) is 19.8 Å². The molecule has 2 heteroatoms. The fourth-order valence-corrected chi connectivity index (χ4v) is 0.655. The lowest BCUT2D eigenvalue weighted by Gasteiger charge is -2.06. The summed E-state index contributed by atoms with van der Waals surface area (Å²) in [5.74, 6) is 0. The van der Waals surface area contributed by atoms with Gasteiger partial charge in [0.25, 0.3) is 0 Å². The maximum Gasteiger partial charge on any atom is 0.0519 e. The first-order chi connectivity index (χ1) is 5.27. The highest BCUT2D eigenvalue weighted by Gasteiger charge is 1.92. The van der Waals surface area contributed by atoms with Crippen LogP contribution in [0.1, 0.15) is 27.2 Å². The first-order valence-corrected chi connectivity index (χ1v) is 4.28. The van der Waals surface area contributed by atoms with Crippen molar-refractivity contribution in [2.45, 2.75) is 33.3 Å². The van der Waals surface area contributed by atoms with Gasteiger partial charge in [-0.1, -0.05) is 0 Å². The minimum atomic E-state index is 0.332. The Kier molecular flexibility index (Phi) is 7.96. The normalized spacial score (nSPS) is 10.9. The monoisotopic (exact) mass is 159 g/mol. The summed E-state index contributed by atoms with van der Waals surface area (Å²) in [6.45, 7) is 8.44. The lowest BCUT2D eigenvalue weighted by atomic mass is 10.3. The first kappa shape index (κ1) is 10.9. The van der Waals surface area contributed by atoms with Crippen LogP contribution in [0.2, 0.25) is 0 Å². The molecule has 0 atom stereocenters. The van der Waals surface area contributed by atoms with Crippen LogP contribution in [0.5, 0.6) is 0 Å². The van der Waals surface area contributed by atoms with Gasteiger partial charge in [0.2, 0.25) is 0 Å². The summed E-state index contributed by atoms with van der Waals surface area (Å²) in [5, 5.41) is 0. The zero-order valence-electron chi connectivity index (χ0n) is 7.80. The van der Waals surface area contributed by atoms with Gasteiger partial charge in [0.15, 0.2) is 0 Å². The Hall–Kier alpha value is -0.0800. The second kappa shape index (κ2) is 8.02. The van der Waals surface area contributed by atoms with Gasteiger partial charge in [0.1, 0.15) is 0 Å². The Morgan fingerprint density at radius 2 is 2.09 bits per heavy atom. The summed E-state index contributed by atoms with van der Waals surface area (Å²) in [6, 6.07) is 0. The molecule has 0 rings (SSSR count). The summed E-state index contributed by atoms with van der Waals surface area (Å²) < 4.78 is 10.5. The van der Waals surface area contributed by atoms with Crippen LogP contribution in [0.25, 0.3) is 0 Å². The van der Waals surface area contributed by atoms with Crippen LogP contribution in [0.4, 0.5) is 0 Å². The van der Waals surface area contributed by atoms with Crippen molar-refractivity contribution in [3.8, 4) is 0 Å². The van der Waals surface area contributed by atoms with E-state index in [1.165, 1.54) is 0 Å². The molecule has 0 unspecified atom stereocenters. The van der Waals surface area contributed by atoms with Crippen molar-refractivity contribution in [1.29, 1.82) is 0 Å². The fourth-order valence-electron chi connectivity index (χ4n) is 0.655. The molecule has 0 aliphatic heterocycles. The minimum absolute atomic E-state index is 0.332. The average Bonchev–Trinajstić information content (AvgIpc) is 1.96. The van der Waals surface area contributed by atoms with Gasteiger partial charge in [-0.3, -0.25) is 0 Å². The third-order valence-electron chi connectivity index (χ3n) is 1.22. The molecule has 0 N–H and O–H groups in total. The number of hydrogen-bond acceptors (Lipinski definition) is 2. The van der Waals surface area contributed by atoms with Crippen LogP contribution < -0.4 is 0 Å². The lowest BCUT2D eigenvalue weighted by molar-refractivity contribution is 0.0885. The highest BCUT2D eigenvalue weighted by molar-refractivity contribution is 4.62. The van der Waals surface area contributed by atoms with Crippen molar-refractivity contribution in [2.24, 2.45) is 0 Å². The van der Waals surface area contributed by atoms with E-state index in [0.29, 0.717) is 6.10 Å². The third-order valence-corrected chi connectivity index (χ3v) is 1.22. The van der Waals surface area contributed by atoms with E-state index < -0.39 is 0 Å². The molecular formula is C9H19O2. The van der Waals surface area contributed by atoms with Crippen LogP contribution in [0.15, 0.2) is 0 Å². The zero-order valence-corrected chi connectivity index (χ0v) is 7.80. The predicted molar refractivity (Wildman–Crippen MR) is 46.5 cm³/mol. The van der Waals surface area contributed by atoms with E-state index in [9.17, 15) is 0 Å². The Morgan fingerprint density at radius 1 is 1.36 bits per heavy atom. The van der Waals surface area contributed by atoms with E-state index in [0.717, 1.165) is 26.2 Å². The second-order valence-electron chi connectivity index (χ2n) is 2.66. The standard InChI is InChI=1S/C9H19O2/c1-4-10-7-5-6-8-11-9(2)3/h6,9H,4-5,7-8H2,1-3H3. The van der Waals surface area contributed by atoms with Crippen LogP contribution in [0, 0.1) is 6.42 Å². The van der Waals surface area contributed by atoms with Crippen molar-refractivity contribution >= 4 is 0 Å². The minimum Gasteiger partial charge on any atom is -0.382 e. The van der Waals surface area contributed by atoms with E-state index in [4.69, 9.17) is 9.47 Å². The Bertz CT molecular complexity index is 72.0. The van der Waals surface area contributed by atoms with E-state index in [2.05, 4.69) is 6.42 Å². The van der Waals surface area contributed by atoms with Crippen molar-refractivity contribution in [3.63, 3.8) is 0 Å². The van der Waals surface area contributed by atoms with Gasteiger partial charge >= 0.3 is 0 Å². The molecule has 11 heavy (non-hydrogen) atoms. The molecule has 0 bridgehead atoms. The summed E-state index contributed by atoms with van der Waals surface area (Å²) in [6.07, 6.45) is 3.43. The number of hydrogen-bond donors (Lipinski definition) is 0.